The van der Waals surface area contributed by atoms with Crippen molar-refractivity contribution in [3.63, 3.8) is 0 Å². The normalized spacial score (nSPS) is 12.1. The van der Waals surface area contributed by atoms with Crippen molar-refractivity contribution in [2.24, 2.45) is 0 Å². The fourth-order valence-corrected chi connectivity index (χ4v) is 8.77. The minimum Gasteiger partial charge on any atom is -0.462 e. The minimum absolute atomic E-state index is 0.0725. The first kappa shape index (κ1) is 63.9. The summed E-state index contributed by atoms with van der Waals surface area (Å²) in [6.45, 7) is 6.60. The molecule has 0 spiro atoms. The van der Waals surface area contributed by atoms with Gasteiger partial charge in [0.05, 0.1) is 0 Å². The Kier molecular flexibility index (Phi) is 53.7. The Morgan fingerprint density at radius 1 is 0.303 bits per heavy atom. The lowest BCUT2D eigenvalue weighted by Gasteiger charge is -2.18. The molecule has 0 saturated carbocycles. The van der Waals surface area contributed by atoms with E-state index >= 15 is 0 Å². The average Bonchev–Trinajstić information content (AvgIpc) is 3.31. The standard InChI is InChI=1S/C60H112O6/c1-4-7-10-13-16-18-20-22-24-25-26-27-28-29-30-31-32-33-34-36-37-39-41-44-47-50-53-59(62)65-56-57(55-64-58(61)52-49-46-43-15-12-9-6-3)66-60(63)54-51-48-45-42-40-38-35-23-21-19-17-14-11-8-5-2/h17,19,23,35,57H,4-16,18,20-22,24-34,36-56H2,1-3H3/b19-17-,35-23-. The summed E-state index contributed by atoms with van der Waals surface area (Å²) in [6.07, 6.45) is 64.9. The van der Waals surface area contributed by atoms with Crippen LogP contribution in [0.2, 0.25) is 0 Å². The largest absolute Gasteiger partial charge is 0.462 e. The molecule has 0 radical (unpaired) electrons. The molecule has 0 aromatic heterocycles. The zero-order valence-electron chi connectivity index (χ0n) is 44.5. The zero-order valence-corrected chi connectivity index (χ0v) is 44.5. The van der Waals surface area contributed by atoms with Crippen molar-refractivity contribution in [1.82, 2.24) is 0 Å². The smallest absolute Gasteiger partial charge is 0.306 e. The first-order valence-corrected chi connectivity index (χ1v) is 29.3. The third-order valence-corrected chi connectivity index (χ3v) is 13.2. The number of esters is 3. The first-order chi connectivity index (χ1) is 32.5. The van der Waals surface area contributed by atoms with Crippen LogP contribution in [0.3, 0.4) is 0 Å². The Labute approximate surface area is 411 Å². The fourth-order valence-electron chi connectivity index (χ4n) is 8.77. The Bertz CT molecular complexity index is 1070. The number of unbranched alkanes of at least 4 members (excludes halogenated alkanes) is 39. The number of carbonyl (C=O) groups is 3. The summed E-state index contributed by atoms with van der Waals surface area (Å²) in [5.74, 6) is -0.876. The van der Waals surface area contributed by atoms with E-state index < -0.39 is 6.10 Å². The third kappa shape index (κ3) is 52.9. The molecule has 6 heteroatoms. The van der Waals surface area contributed by atoms with Gasteiger partial charge in [0, 0.05) is 19.3 Å². The molecular weight excluding hydrogens is 817 g/mol. The van der Waals surface area contributed by atoms with Crippen LogP contribution in [0.4, 0.5) is 0 Å². The number of hydrogen-bond acceptors (Lipinski definition) is 6. The molecule has 0 heterocycles. The van der Waals surface area contributed by atoms with Gasteiger partial charge in [0.1, 0.15) is 13.2 Å². The lowest BCUT2D eigenvalue weighted by molar-refractivity contribution is -0.167. The van der Waals surface area contributed by atoms with Crippen LogP contribution >= 0.6 is 0 Å². The van der Waals surface area contributed by atoms with E-state index in [1.165, 1.54) is 205 Å². The second-order valence-electron chi connectivity index (χ2n) is 19.9. The van der Waals surface area contributed by atoms with Gasteiger partial charge in [0.2, 0.25) is 0 Å². The Morgan fingerprint density at radius 3 is 0.864 bits per heavy atom. The molecule has 0 aromatic carbocycles. The van der Waals surface area contributed by atoms with Gasteiger partial charge in [0.25, 0.3) is 0 Å². The third-order valence-electron chi connectivity index (χ3n) is 13.2. The summed E-state index contributed by atoms with van der Waals surface area (Å²) in [7, 11) is 0. The van der Waals surface area contributed by atoms with Crippen molar-refractivity contribution >= 4 is 17.9 Å². The maximum absolute atomic E-state index is 12.8. The number of rotatable bonds is 54. The van der Waals surface area contributed by atoms with Crippen LogP contribution in [0.25, 0.3) is 0 Å². The van der Waals surface area contributed by atoms with E-state index in [9.17, 15) is 14.4 Å². The van der Waals surface area contributed by atoms with Crippen molar-refractivity contribution in [2.75, 3.05) is 13.2 Å². The second-order valence-corrected chi connectivity index (χ2v) is 19.9. The summed E-state index contributed by atoms with van der Waals surface area (Å²) in [4.78, 5) is 37.9. The van der Waals surface area contributed by atoms with Crippen LogP contribution in [0.1, 0.15) is 323 Å². The predicted molar refractivity (Wildman–Crippen MR) is 284 cm³/mol. The number of carbonyl (C=O) groups excluding carboxylic acids is 3. The molecule has 0 aliphatic heterocycles. The molecule has 6 nitrogen and oxygen atoms in total. The molecule has 0 aliphatic carbocycles. The van der Waals surface area contributed by atoms with Crippen molar-refractivity contribution in [3.05, 3.63) is 24.3 Å². The van der Waals surface area contributed by atoms with Crippen LogP contribution < -0.4 is 0 Å². The van der Waals surface area contributed by atoms with Crippen molar-refractivity contribution in [1.29, 1.82) is 0 Å². The van der Waals surface area contributed by atoms with Crippen LogP contribution in [-0.4, -0.2) is 37.2 Å². The average molecular weight is 930 g/mol. The monoisotopic (exact) mass is 929 g/mol. The molecule has 1 unspecified atom stereocenters. The van der Waals surface area contributed by atoms with E-state index in [2.05, 4.69) is 45.1 Å². The number of hydrogen-bond donors (Lipinski definition) is 0. The van der Waals surface area contributed by atoms with E-state index in [-0.39, 0.29) is 31.1 Å². The molecule has 66 heavy (non-hydrogen) atoms. The van der Waals surface area contributed by atoms with Crippen molar-refractivity contribution in [2.45, 2.75) is 329 Å². The molecule has 0 rings (SSSR count). The Balaban J connectivity index is 4.06. The quantitative estimate of drug-likeness (QED) is 0.0262. The molecule has 0 N–H and O–H groups in total. The maximum Gasteiger partial charge on any atom is 0.306 e. The van der Waals surface area contributed by atoms with Gasteiger partial charge in [0.15, 0.2) is 6.10 Å². The van der Waals surface area contributed by atoms with Crippen LogP contribution in [-0.2, 0) is 28.6 Å². The lowest BCUT2D eigenvalue weighted by atomic mass is 10.0. The summed E-state index contributed by atoms with van der Waals surface area (Å²) < 4.78 is 16.8. The molecule has 1 atom stereocenters. The summed E-state index contributed by atoms with van der Waals surface area (Å²) in [5.41, 5.74) is 0. The number of allylic oxidation sites excluding steroid dienone is 4. The molecule has 388 valence electrons. The van der Waals surface area contributed by atoms with Crippen molar-refractivity contribution < 1.29 is 28.6 Å². The van der Waals surface area contributed by atoms with Gasteiger partial charge in [-0.2, -0.15) is 0 Å². The summed E-state index contributed by atoms with van der Waals surface area (Å²) >= 11 is 0. The highest BCUT2D eigenvalue weighted by molar-refractivity contribution is 5.71. The highest BCUT2D eigenvalue weighted by Gasteiger charge is 2.19. The topological polar surface area (TPSA) is 78.9 Å². The van der Waals surface area contributed by atoms with Gasteiger partial charge in [-0.3, -0.25) is 14.4 Å². The summed E-state index contributed by atoms with van der Waals surface area (Å²) in [6, 6.07) is 0. The molecule has 0 aromatic rings. The second kappa shape index (κ2) is 55.5. The van der Waals surface area contributed by atoms with Crippen LogP contribution in [0.5, 0.6) is 0 Å². The van der Waals surface area contributed by atoms with Crippen LogP contribution in [0, 0.1) is 0 Å². The van der Waals surface area contributed by atoms with Gasteiger partial charge in [-0.15, -0.1) is 0 Å². The lowest BCUT2D eigenvalue weighted by Crippen LogP contribution is -2.30. The molecule has 0 bridgehead atoms. The minimum atomic E-state index is -0.772. The van der Waals surface area contributed by atoms with Gasteiger partial charge >= 0.3 is 17.9 Å². The Hall–Kier alpha value is -2.11. The predicted octanol–water partition coefficient (Wildman–Crippen LogP) is 19.5. The Morgan fingerprint density at radius 2 is 0.545 bits per heavy atom. The van der Waals surface area contributed by atoms with Crippen LogP contribution in [0.15, 0.2) is 24.3 Å². The zero-order chi connectivity index (χ0) is 47.9. The van der Waals surface area contributed by atoms with E-state index in [4.69, 9.17) is 14.2 Å². The van der Waals surface area contributed by atoms with Crippen molar-refractivity contribution in [3.8, 4) is 0 Å². The van der Waals surface area contributed by atoms with E-state index in [1.54, 1.807) is 0 Å². The molecule has 0 saturated heterocycles. The first-order valence-electron chi connectivity index (χ1n) is 29.3. The van der Waals surface area contributed by atoms with Gasteiger partial charge < -0.3 is 14.2 Å². The number of ether oxygens (including phenoxy) is 3. The fraction of sp³-hybridized carbons (Fsp3) is 0.883. The summed E-state index contributed by atoms with van der Waals surface area (Å²) in [5, 5.41) is 0. The van der Waals surface area contributed by atoms with E-state index in [0.717, 1.165) is 77.0 Å². The van der Waals surface area contributed by atoms with Gasteiger partial charge in [-0.25, -0.2) is 0 Å². The van der Waals surface area contributed by atoms with E-state index in [0.29, 0.717) is 19.3 Å². The van der Waals surface area contributed by atoms with E-state index in [1.807, 2.05) is 0 Å². The highest BCUT2D eigenvalue weighted by atomic mass is 16.6. The molecule has 0 fully saturated rings. The van der Waals surface area contributed by atoms with Gasteiger partial charge in [-0.05, 0) is 51.4 Å². The molecular formula is C60H112O6. The maximum atomic E-state index is 12.8. The molecule has 0 aliphatic rings. The SMILES string of the molecule is CCCCC/C=C\C/C=C\CCCCCCCC(=O)OC(COC(=O)CCCCCCCCC)COC(=O)CCCCCCCCCCCCCCCCCCCCCCCCCCCC. The van der Waals surface area contributed by atoms with Gasteiger partial charge in [-0.1, -0.05) is 276 Å². The molecule has 0 amide bonds. The highest BCUT2D eigenvalue weighted by Crippen LogP contribution is 2.17.